The first-order valence-corrected chi connectivity index (χ1v) is 4.61. The van der Waals surface area contributed by atoms with Crippen LogP contribution in [0.15, 0.2) is 11.4 Å². The molecule has 14 heavy (non-hydrogen) atoms. The summed E-state index contributed by atoms with van der Waals surface area (Å²) >= 11 is 1.12. The lowest BCUT2D eigenvalue weighted by atomic mass is 10.2. The molecule has 1 heterocycles. The van der Waals surface area contributed by atoms with Gasteiger partial charge in [-0.3, -0.25) is 0 Å². The molecule has 1 rings (SSSR count). The number of nitriles is 1. The van der Waals surface area contributed by atoms with Gasteiger partial charge in [-0.2, -0.15) is 18.4 Å². The third-order valence-electron chi connectivity index (χ3n) is 1.62. The van der Waals surface area contributed by atoms with Crippen LogP contribution in [0.3, 0.4) is 0 Å². The summed E-state index contributed by atoms with van der Waals surface area (Å²) in [7, 11) is 0. The molecule has 0 fully saturated rings. The van der Waals surface area contributed by atoms with E-state index in [1.165, 1.54) is 11.4 Å². The van der Waals surface area contributed by atoms with Crippen molar-refractivity contribution in [3.63, 3.8) is 0 Å². The number of nitrogens with zero attached hydrogens (tertiary/aromatic N) is 1. The van der Waals surface area contributed by atoms with Gasteiger partial charge in [-0.25, -0.2) is 0 Å². The predicted octanol–water partition coefficient (Wildman–Crippen LogP) is 2.05. The van der Waals surface area contributed by atoms with E-state index in [4.69, 9.17) is 11.0 Å². The van der Waals surface area contributed by atoms with Crippen LogP contribution in [0.5, 0.6) is 0 Å². The van der Waals surface area contributed by atoms with E-state index in [0.29, 0.717) is 10.4 Å². The minimum Gasteiger partial charge on any atom is -0.320 e. The zero-order valence-electron chi connectivity index (χ0n) is 7.01. The summed E-state index contributed by atoms with van der Waals surface area (Å²) in [5.41, 5.74) is 5.31. The maximum absolute atomic E-state index is 12.0. The van der Waals surface area contributed by atoms with Gasteiger partial charge in [-0.05, 0) is 6.07 Å². The summed E-state index contributed by atoms with van der Waals surface area (Å²) in [6.07, 6.45) is -4.65. The summed E-state index contributed by atoms with van der Waals surface area (Å²) in [5.74, 6) is 0. The summed E-state index contributed by atoms with van der Waals surface area (Å²) in [4.78, 5) is 0.478. The number of halogens is 3. The Kier molecular flexibility index (Phi) is 3.13. The smallest absolute Gasteiger partial charge is 0.320 e. The van der Waals surface area contributed by atoms with E-state index in [1.807, 2.05) is 6.07 Å². The molecular formula is C8H7F3N2S. The highest BCUT2D eigenvalue weighted by Crippen LogP contribution is 2.24. The lowest BCUT2D eigenvalue weighted by Crippen LogP contribution is -2.38. The van der Waals surface area contributed by atoms with Gasteiger partial charge < -0.3 is 5.73 Å². The fourth-order valence-corrected chi connectivity index (χ4v) is 1.75. The number of nitrogens with two attached hydrogens (primary N) is 1. The highest BCUT2D eigenvalue weighted by Gasteiger charge is 2.36. The van der Waals surface area contributed by atoms with Crippen LogP contribution in [-0.2, 0) is 6.42 Å². The van der Waals surface area contributed by atoms with E-state index in [-0.39, 0.29) is 6.42 Å². The Morgan fingerprint density at radius 1 is 1.57 bits per heavy atom. The first kappa shape index (κ1) is 11.0. The van der Waals surface area contributed by atoms with Crippen LogP contribution in [0.1, 0.15) is 10.4 Å². The Balaban J connectivity index is 2.66. The van der Waals surface area contributed by atoms with Crippen LogP contribution < -0.4 is 5.73 Å². The van der Waals surface area contributed by atoms with Gasteiger partial charge in [0.25, 0.3) is 0 Å². The van der Waals surface area contributed by atoms with Crippen LogP contribution in [0.2, 0.25) is 0 Å². The van der Waals surface area contributed by atoms with Gasteiger partial charge >= 0.3 is 6.18 Å². The van der Waals surface area contributed by atoms with Gasteiger partial charge in [0.2, 0.25) is 0 Å². The molecule has 1 atom stereocenters. The Hall–Kier alpha value is -1.06. The quantitative estimate of drug-likeness (QED) is 0.829. The Morgan fingerprint density at radius 3 is 2.64 bits per heavy atom. The Bertz CT molecular complexity index is 350. The molecule has 0 aliphatic carbocycles. The number of hydrogen-bond donors (Lipinski definition) is 1. The molecule has 0 saturated carbocycles. The molecule has 2 N–H and O–H groups in total. The first-order valence-electron chi connectivity index (χ1n) is 3.73. The Morgan fingerprint density at radius 2 is 2.21 bits per heavy atom. The Labute approximate surface area is 82.8 Å². The van der Waals surface area contributed by atoms with Crippen molar-refractivity contribution in [3.05, 3.63) is 21.9 Å². The van der Waals surface area contributed by atoms with Crippen molar-refractivity contribution in [1.82, 2.24) is 0 Å². The van der Waals surface area contributed by atoms with E-state index in [1.54, 1.807) is 0 Å². The molecule has 76 valence electrons. The average molecular weight is 220 g/mol. The highest BCUT2D eigenvalue weighted by molar-refractivity contribution is 7.10. The SMILES string of the molecule is N#Cc1csc(CC(N)C(F)(F)F)c1. The van der Waals surface area contributed by atoms with Crippen LogP contribution in [0, 0.1) is 11.3 Å². The molecule has 0 aliphatic rings. The van der Waals surface area contributed by atoms with Crippen molar-refractivity contribution in [3.8, 4) is 6.07 Å². The van der Waals surface area contributed by atoms with Gasteiger partial charge in [-0.15, -0.1) is 11.3 Å². The average Bonchev–Trinajstić information content (AvgIpc) is 2.50. The summed E-state index contributed by atoms with van der Waals surface area (Å²) < 4.78 is 36.1. The monoisotopic (exact) mass is 220 g/mol. The fraction of sp³-hybridized carbons (Fsp3) is 0.375. The number of thiophene rings is 1. The second kappa shape index (κ2) is 3.98. The van der Waals surface area contributed by atoms with Crippen LogP contribution in [0.25, 0.3) is 0 Å². The summed E-state index contributed by atoms with van der Waals surface area (Å²) in [6, 6.07) is 1.42. The fourth-order valence-electron chi connectivity index (χ4n) is 0.879. The molecule has 6 heteroatoms. The van der Waals surface area contributed by atoms with Gasteiger partial charge in [0.05, 0.1) is 5.56 Å². The van der Waals surface area contributed by atoms with E-state index >= 15 is 0 Å². The maximum Gasteiger partial charge on any atom is 0.403 e. The molecule has 0 saturated heterocycles. The van der Waals surface area contributed by atoms with Crippen molar-refractivity contribution in [1.29, 1.82) is 5.26 Å². The van der Waals surface area contributed by atoms with Gasteiger partial charge in [0.15, 0.2) is 0 Å². The van der Waals surface area contributed by atoms with E-state index < -0.39 is 12.2 Å². The standard InChI is InChI=1S/C8H7F3N2S/c9-8(10,11)7(13)2-6-1-5(3-12)4-14-6/h1,4,7H,2,13H2. The zero-order valence-corrected chi connectivity index (χ0v) is 7.82. The predicted molar refractivity (Wildman–Crippen MR) is 46.8 cm³/mol. The molecule has 0 spiro atoms. The molecule has 0 amide bonds. The van der Waals surface area contributed by atoms with Gasteiger partial charge in [-0.1, -0.05) is 0 Å². The first-order chi connectivity index (χ1) is 6.43. The third kappa shape index (κ3) is 2.72. The lowest BCUT2D eigenvalue weighted by molar-refractivity contribution is -0.147. The number of hydrogen-bond acceptors (Lipinski definition) is 3. The maximum atomic E-state index is 12.0. The van der Waals surface area contributed by atoms with Crippen molar-refractivity contribution < 1.29 is 13.2 Å². The molecule has 0 aromatic carbocycles. The van der Waals surface area contributed by atoms with Crippen molar-refractivity contribution in [2.24, 2.45) is 5.73 Å². The number of alkyl halides is 3. The van der Waals surface area contributed by atoms with Gasteiger partial charge in [0, 0.05) is 16.7 Å². The summed E-state index contributed by atoms with van der Waals surface area (Å²) in [5, 5.41) is 9.96. The van der Waals surface area contributed by atoms with E-state index in [0.717, 1.165) is 11.3 Å². The van der Waals surface area contributed by atoms with Crippen LogP contribution in [0.4, 0.5) is 13.2 Å². The van der Waals surface area contributed by atoms with Crippen LogP contribution in [-0.4, -0.2) is 12.2 Å². The van der Waals surface area contributed by atoms with Crippen LogP contribution >= 0.6 is 11.3 Å². The van der Waals surface area contributed by atoms with E-state index in [9.17, 15) is 13.2 Å². The minimum atomic E-state index is -4.38. The normalized spacial score (nSPS) is 13.6. The molecular weight excluding hydrogens is 213 g/mol. The molecule has 0 bridgehead atoms. The van der Waals surface area contributed by atoms with Crippen molar-refractivity contribution >= 4 is 11.3 Å². The van der Waals surface area contributed by atoms with Gasteiger partial charge in [0.1, 0.15) is 12.1 Å². The molecule has 1 aromatic rings. The lowest BCUT2D eigenvalue weighted by Gasteiger charge is -2.13. The molecule has 1 aromatic heterocycles. The van der Waals surface area contributed by atoms with E-state index in [2.05, 4.69) is 0 Å². The minimum absolute atomic E-state index is 0.268. The molecule has 0 aliphatic heterocycles. The topological polar surface area (TPSA) is 49.8 Å². The third-order valence-corrected chi connectivity index (χ3v) is 2.58. The number of rotatable bonds is 2. The summed E-state index contributed by atoms with van der Waals surface area (Å²) in [6.45, 7) is 0. The molecule has 0 radical (unpaired) electrons. The molecule has 2 nitrogen and oxygen atoms in total. The second-order valence-corrected chi connectivity index (χ2v) is 3.76. The van der Waals surface area contributed by atoms with Crippen molar-refractivity contribution in [2.45, 2.75) is 18.6 Å². The molecule has 1 unspecified atom stereocenters. The van der Waals surface area contributed by atoms with Crippen molar-refractivity contribution in [2.75, 3.05) is 0 Å². The second-order valence-electron chi connectivity index (χ2n) is 2.77. The highest BCUT2D eigenvalue weighted by atomic mass is 32.1. The zero-order chi connectivity index (χ0) is 10.8. The largest absolute Gasteiger partial charge is 0.403 e.